The third kappa shape index (κ3) is 6.10. The Balaban J connectivity index is 4.05. The minimum atomic E-state index is -0.670. The number of aliphatic hydroxyl groups excluding tert-OH is 1. The Hall–Kier alpha value is -1.78. The number of nitrogens with two attached hydrogens (primary N) is 1. The summed E-state index contributed by atoms with van der Waals surface area (Å²) in [7, 11) is 0. The molecule has 0 heterocycles. The molecule has 11 heavy (non-hydrogen) atoms. The van der Waals surface area contributed by atoms with Crippen LogP contribution < -0.4 is 5.73 Å². The van der Waals surface area contributed by atoms with Crippen LogP contribution in [0.15, 0.2) is 36.4 Å². The van der Waals surface area contributed by atoms with E-state index in [-0.39, 0.29) is 5.76 Å². The van der Waals surface area contributed by atoms with E-state index in [0.717, 1.165) is 6.08 Å². The molecule has 0 saturated carbocycles. The van der Waals surface area contributed by atoms with Gasteiger partial charge in [-0.15, -0.1) is 0 Å². The Morgan fingerprint density at radius 2 is 2.27 bits per heavy atom. The van der Waals surface area contributed by atoms with Gasteiger partial charge < -0.3 is 10.8 Å². The maximum Gasteiger partial charge on any atom is 0.238 e. The van der Waals surface area contributed by atoms with Gasteiger partial charge in [-0.05, 0) is 18.4 Å². The molecule has 0 radical (unpaired) electrons. The van der Waals surface area contributed by atoms with Crippen molar-refractivity contribution in [3.05, 3.63) is 46.5 Å². The van der Waals surface area contributed by atoms with Crippen LogP contribution in [-0.2, 0) is 0 Å². The molecule has 0 amide bonds. The van der Waals surface area contributed by atoms with Crippen LogP contribution in [0.1, 0.15) is 0 Å². The van der Waals surface area contributed by atoms with Crippen molar-refractivity contribution < 1.29 is 10.0 Å². The number of rotatable bonds is 3. The third-order valence-corrected chi connectivity index (χ3v) is 0.745. The van der Waals surface area contributed by atoms with Gasteiger partial charge in [-0.3, -0.25) is 10.1 Å². The van der Waals surface area contributed by atoms with Gasteiger partial charge in [0.15, 0.2) is 0 Å². The summed E-state index contributed by atoms with van der Waals surface area (Å²) in [6.07, 6.45) is 5.39. The van der Waals surface area contributed by atoms with Crippen LogP contribution >= 0.6 is 0 Å². The predicted molar refractivity (Wildman–Crippen MR) is 40.2 cm³/mol. The van der Waals surface area contributed by atoms with Gasteiger partial charge in [0.25, 0.3) is 0 Å². The molecule has 0 aliphatic rings. The molecular formula is C6H8N2O3. The summed E-state index contributed by atoms with van der Waals surface area (Å²) in [6.45, 7) is 0. The first kappa shape index (κ1) is 9.22. The minimum absolute atomic E-state index is 0.219. The molecule has 0 rings (SSSR count). The van der Waals surface area contributed by atoms with Crippen molar-refractivity contribution in [2.75, 3.05) is 0 Å². The van der Waals surface area contributed by atoms with Crippen molar-refractivity contribution in [1.29, 1.82) is 0 Å². The second kappa shape index (κ2) is 5.04. The van der Waals surface area contributed by atoms with Crippen LogP contribution in [0, 0.1) is 10.1 Å². The van der Waals surface area contributed by atoms with E-state index in [1.165, 1.54) is 18.4 Å². The average Bonchev–Trinajstić information content (AvgIpc) is 1.97. The lowest BCUT2D eigenvalue weighted by atomic mass is 10.4. The summed E-state index contributed by atoms with van der Waals surface area (Å²) < 4.78 is 0. The second-order valence-corrected chi connectivity index (χ2v) is 1.58. The average molecular weight is 156 g/mol. The van der Waals surface area contributed by atoms with Crippen LogP contribution in [0.4, 0.5) is 0 Å². The van der Waals surface area contributed by atoms with Crippen molar-refractivity contribution in [3.8, 4) is 0 Å². The van der Waals surface area contributed by atoms with E-state index in [1.807, 2.05) is 0 Å². The van der Waals surface area contributed by atoms with Gasteiger partial charge in [-0.25, -0.2) is 0 Å². The van der Waals surface area contributed by atoms with Crippen LogP contribution in [0.3, 0.4) is 0 Å². The molecule has 5 nitrogen and oxygen atoms in total. The minimum Gasteiger partial charge on any atom is -0.508 e. The van der Waals surface area contributed by atoms with E-state index in [0.29, 0.717) is 6.20 Å². The summed E-state index contributed by atoms with van der Waals surface area (Å²) in [6, 6.07) is 0. The topological polar surface area (TPSA) is 89.4 Å². The summed E-state index contributed by atoms with van der Waals surface area (Å²) in [5.41, 5.74) is 4.94. The van der Waals surface area contributed by atoms with Crippen LogP contribution in [0.5, 0.6) is 0 Å². The first-order valence-electron chi connectivity index (χ1n) is 2.76. The Kier molecular flexibility index (Phi) is 4.22. The zero-order valence-electron chi connectivity index (χ0n) is 5.68. The van der Waals surface area contributed by atoms with Gasteiger partial charge in [-0.1, -0.05) is 0 Å². The van der Waals surface area contributed by atoms with E-state index in [1.54, 1.807) is 0 Å². The SMILES string of the molecule is N/C=C/C=C(O)\C=C\[N+](=O)[O-]. The first-order valence-corrected chi connectivity index (χ1v) is 2.76. The van der Waals surface area contributed by atoms with E-state index >= 15 is 0 Å². The second-order valence-electron chi connectivity index (χ2n) is 1.58. The summed E-state index contributed by atoms with van der Waals surface area (Å²) in [4.78, 5) is 9.04. The Bertz CT molecular complexity index is 218. The van der Waals surface area contributed by atoms with Gasteiger partial charge in [-0.2, -0.15) is 0 Å². The van der Waals surface area contributed by atoms with Gasteiger partial charge in [0.2, 0.25) is 6.20 Å². The number of aliphatic hydroxyl groups is 1. The largest absolute Gasteiger partial charge is 0.508 e. The predicted octanol–water partition coefficient (Wildman–Crippen LogP) is 0.691. The van der Waals surface area contributed by atoms with Crippen LogP contribution in [0.25, 0.3) is 0 Å². The van der Waals surface area contributed by atoms with E-state index in [9.17, 15) is 10.1 Å². The van der Waals surface area contributed by atoms with E-state index in [2.05, 4.69) is 0 Å². The maximum absolute atomic E-state index is 9.72. The Morgan fingerprint density at radius 3 is 2.73 bits per heavy atom. The highest BCUT2D eigenvalue weighted by Gasteiger charge is 1.86. The monoisotopic (exact) mass is 156 g/mol. The quantitative estimate of drug-likeness (QED) is 0.272. The molecule has 0 unspecified atom stereocenters. The molecule has 0 aliphatic heterocycles. The van der Waals surface area contributed by atoms with Crippen LogP contribution in [0.2, 0.25) is 0 Å². The molecule has 60 valence electrons. The van der Waals surface area contributed by atoms with E-state index < -0.39 is 4.92 Å². The van der Waals surface area contributed by atoms with Gasteiger partial charge in [0.1, 0.15) is 5.76 Å². The number of nitrogens with zero attached hydrogens (tertiary/aromatic N) is 1. The highest BCUT2D eigenvalue weighted by Crippen LogP contribution is 1.90. The number of hydrogen-bond acceptors (Lipinski definition) is 4. The molecule has 3 N–H and O–H groups in total. The lowest BCUT2D eigenvalue weighted by Gasteiger charge is -1.83. The molecule has 0 atom stereocenters. The smallest absolute Gasteiger partial charge is 0.238 e. The van der Waals surface area contributed by atoms with Gasteiger partial charge >= 0.3 is 0 Å². The summed E-state index contributed by atoms with van der Waals surface area (Å²) >= 11 is 0. The highest BCUT2D eigenvalue weighted by molar-refractivity contribution is 5.15. The maximum atomic E-state index is 9.72. The fraction of sp³-hybridized carbons (Fsp3) is 0. The Labute approximate surface area is 63.3 Å². The fourth-order valence-corrected chi connectivity index (χ4v) is 0.347. The van der Waals surface area contributed by atoms with Crippen molar-refractivity contribution in [2.24, 2.45) is 5.73 Å². The van der Waals surface area contributed by atoms with Gasteiger partial charge in [0.05, 0.1) is 4.92 Å². The lowest BCUT2D eigenvalue weighted by Crippen LogP contribution is -1.83. The third-order valence-electron chi connectivity index (χ3n) is 0.745. The van der Waals surface area contributed by atoms with Gasteiger partial charge in [0, 0.05) is 6.08 Å². The molecule has 0 saturated heterocycles. The summed E-state index contributed by atoms with van der Waals surface area (Å²) in [5, 5.41) is 18.5. The normalized spacial score (nSPS) is 12.9. The van der Waals surface area contributed by atoms with Crippen molar-refractivity contribution in [1.82, 2.24) is 0 Å². The fourth-order valence-electron chi connectivity index (χ4n) is 0.347. The lowest BCUT2D eigenvalue weighted by molar-refractivity contribution is -0.402. The zero-order chi connectivity index (χ0) is 8.69. The van der Waals surface area contributed by atoms with Crippen molar-refractivity contribution >= 4 is 0 Å². The number of allylic oxidation sites excluding steroid dienone is 3. The van der Waals surface area contributed by atoms with E-state index in [4.69, 9.17) is 10.8 Å². The molecule has 0 fully saturated rings. The molecule has 0 aromatic heterocycles. The standard InChI is InChI=1S/C6H8N2O3/c7-4-1-2-6(9)3-5-8(10)11/h1-5,9H,7H2/b4-1+,5-3+,6-2+. The molecule has 0 aromatic carbocycles. The highest BCUT2D eigenvalue weighted by atomic mass is 16.6. The zero-order valence-corrected chi connectivity index (χ0v) is 5.68. The number of nitro groups is 1. The van der Waals surface area contributed by atoms with Crippen molar-refractivity contribution in [3.63, 3.8) is 0 Å². The molecule has 5 heteroatoms. The molecule has 0 aliphatic carbocycles. The van der Waals surface area contributed by atoms with Crippen LogP contribution in [-0.4, -0.2) is 10.0 Å². The van der Waals surface area contributed by atoms with Crippen molar-refractivity contribution in [2.45, 2.75) is 0 Å². The molecule has 0 aromatic rings. The molecule has 0 bridgehead atoms. The Morgan fingerprint density at radius 1 is 1.64 bits per heavy atom. The molecule has 0 spiro atoms. The summed E-state index contributed by atoms with van der Waals surface area (Å²) in [5.74, 6) is -0.219. The molecular weight excluding hydrogens is 148 g/mol. The number of hydrogen-bond donors (Lipinski definition) is 2. The first-order chi connectivity index (χ1) is 5.16.